The molecule has 1 heterocycles. The van der Waals surface area contributed by atoms with Gasteiger partial charge in [0, 0.05) is 0 Å². The summed E-state index contributed by atoms with van der Waals surface area (Å²) in [6, 6.07) is 4.47. The lowest BCUT2D eigenvalue weighted by atomic mass is 9.87. The van der Waals surface area contributed by atoms with E-state index in [2.05, 4.69) is 78.8 Å². The minimum absolute atomic E-state index is 0.0379. The molecule has 1 aromatic carbocycles. The average Bonchev–Trinajstić information content (AvgIpc) is 2.65. The van der Waals surface area contributed by atoms with Crippen LogP contribution in [0.25, 0.3) is 0 Å². The molecular formula is C28H42O. The first-order chi connectivity index (χ1) is 13.7. The monoisotopic (exact) mass is 394 g/mol. The van der Waals surface area contributed by atoms with Crippen LogP contribution in [0.4, 0.5) is 0 Å². The molecule has 0 bridgehead atoms. The van der Waals surface area contributed by atoms with Gasteiger partial charge in [-0.25, -0.2) is 0 Å². The number of allylic oxidation sites excluding steroid dienone is 6. The van der Waals surface area contributed by atoms with Crippen LogP contribution in [0.1, 0.15) is 96.3 Å². The van der Waals surface area contributed by atoms with E-state index in [1.807, 2.05) is 0 Å². The Hall–Kier alpha value is -1.76. The number of hydrogen-bond donors (Lipinski definition) is 0. The van der Waals surface area contributed by atoms with E-state index in [4.69, 9.17) is 4.74 Å². The second kappa shape index (κ2) is 10.9. The molecule has 0 spiro atoms. The molecule has 29 heavy (non-hydrogen) atoms. The van der Waals surface area contributed by atoms with E-state index in [1.54, 1.807) is 0 Å². The van der Waals surface area contributed by atoms with Crippen molar-refractivity contribution in [3.63, 3.8) is 0 Å². The second-order valence-corrected chi connectivity index (χ2v) is 9.55. The summed E-state index contributed by atoms with van der Waals surface area (Å²) in [6.45, 7) is 15.5. The summed E-state index contributed by atoms with van der Waals surface area (Å²) in [5.41, 5.74) is 8.42. The molecule has 1 aliphatic heterocycles. The van der Waals surface area contributed by atoms with Crippen LogP contribution in [0, 0.1) is 13.8 Å². The van der Waals surface area contributed by atoms with E-state index < -0.39 is 0 Å². The van der Waals surface area contributed by atoms with Crippen LogP contribution < -0.4 is 4.74 Å². The van der Waals surface area contributed by atoms with Gasteiger partial charge in [-0.15, -0.1) is 0 Å². The van der Waals surface area contributed by atoms with Gasteiger partial charge in [0.15, 0.2) is 0 Å². The highest BCUT2D eigenvalue weighted by Gasteiger charge is 2.31. The molecule has 160 valence electrons. The normalized spacial score (nSPS) is 19.6. The Balaban J connectivity index is 1.80. The van der Waals surface area contributed by atoms with Crippen molar-refractivity contribution in [3.05, 3.63) is 63.8 Å². The molecular weight excluding hydrogens is 352 g/mol. The Labute approximate surface area is 179 Å². The average molecular weight is 395 g/mol. The minimum atomic E-state index is -0.0379. The van der Waals surface area contributed by atoms with E-state index >= 15 is 0 Å². The maximum Gasteiger partial charge on any atom is 0.126 e. The standard InChI is InChI=1S/C28H42O/c1-21(2)11-8-12-22(3)13-9-14-23(4)15-10-19-28(7)20-18-26-17-16-24(5)25(6)27(26)29-28/h11,13,15-17H,8-10,12,14,18-20H2,1-7H3/t28-/m1/s1. The maximum absolute atomic E-state index is 6.54. The van der Waals surface area contributed by atoms with Gasteiger partial charge < -0.3 is 4.74 Å². The third kappa shape index (κ3) is 7.53. The van der Waals surface area contributed by atoms with Crippen LogP contribution in [0.5, 0.6) is 5.75 Å². The predicted octanol–water partition coefficient (Wildman–Crippen LogP) is 8.59. The smallest absolute Gasteiger partial charge is 0.126 e. The number of benzene rings is 1. The topological polar surface area (TPSA) is 9.23 Å². The molecule has 0 unspecified atom stereocenters. The SMILES string of the molecule is CC(C)=CCCC(C)=CCCC(C)=CCC[C@]1(C)CCc2ccc(C)c(C)c2O1. The van der Waals surface area contributed by atoms with Crippen LogP contribution >= 0.6 is 0 Å². The summed E-state index contributed by atoms with van der Waals surface area (Å²) in [5, 5.41) is 0. The van der Waals surface area contributed by atoms with Crippen LogP contribution in [0.3, 0.4) is 0 Å². The number of ether oxygens (including phenoxy) is 1. The lowest BCUT2D eigenvalue weighted by Crippen LogP contribution is -2.36. The Morgan fingerprint density at radius 1 is 0.931 bits per heavy atom. The van der Waals surface area contributed by atoms with Crippen molar-refractivity contribution < 1.29 is 4.74 Å². The van der Waals surface area contributed by atoms with E-state index in [0.717, 1.165) is 37.9 Å². The van der Waals surface area contributed by atoms with E-state index in [0.29, 0.717) is 0 Å². The minimum Gasteiger partial charge on any atom is -0.487 e. The van der Waals surface area contributed by atoms with Crippen molar-refractivity contribution in [2.45, 2.75) is 105 Å². The highest BCUT2D eigenvalue weighted by Crippen LogP contribution is 2.39. The Bertz CT molecular complexity index is 774. The van der Waals surface area contributed by atoms with Crippen molar-refractivity contribution in [1.82, 2.24) is 0 Å². The van der Waals surface area contributed by atoms with Gasteiger partial charge in [-0.2, -0.15) is 0 Å². The van der Waals surface area contributed by atoms with Gasteiger partial charge in [0.2, 0.25) is 0 Å². The second-order valence-electron chi connectivity index (χ2n) is 9.55. The quantitative estimate of drug-likeness (QED) is 0.381. The van der Waals surface area contributed by atoms with Crippen molar-refractivity contribution in [1.29, 1.82) is 0 Å². The van der Waals surface area contributed by atoms with Gasteiger partial charge in [0.25, 0.3) is 0 Å². The first-order valence-electron chi connectivity index (χ1n) is 11.4. The Kier molecular flexibility index (Phi) is 8.80. The highest BCUT2D eigenvalue weighted by molar-refractivity contribution is 5.47. The van der Waals surface area contributed by atoms with Crippen LogP contribution in [-0.2, 0) is 6.42 Å². The van der Waals surface area contributed by atoms with Crippen LogP contribution in [0.2, 0.25) is 0 Å². The van der Waals surface area contributed by atoms with E-state index in [-0.39, 0.29) is 5.60 Å². The van der Waals surface area contributed by atoms with Crippen LogP contribution in [0.15, 0.2) is 47.1 Å². The van der Waals surface area contributed by atoms with Gasteiger partial charge in [-0.1, -0.05) is 47.1 Å². The zero-order valence-electron chi connectivity index (χ0n) is 20.0. The maximum atomic E-state index is 6.54. The molecule has 0 radical (unpaired) electrons. The van der Waals surface area contributed by atoms with E-state index in [9.17, 15) is 0 Å². The summed E-state index contributed by atoms with van der Waals surface area (Å²) < 4.78 is 6.54. The molecule has 1 heteroatoms. The summed E-state index contributed by atoms with van der Waals surface area (Å²) in [7, 11) is 0. The van der Waals surface area contributed by atoms with Crippen LogP contribution in [-0.4, -0.2) is 5.60 Å². The number of hydrogen-bond acceptors (Lipinski definition) is 1. The molecule has 1 aromatic rings. The fourth-order valence-corrected chi connectivity index (χ4v) is 4.02. The summed E-state index contributed by atoms with van der Waals surface area (Å²) in [5.74, 6) is 1.15. The van der Waals surface area contributed by atoms with Crippen molar-refractivity contribution in [2.24, 2.45) is 0 Å². The fourth-order valence-electron chi connectivity index (χ4n) is 4.02. The molecule has 0 aromatic heterocycles. The number of fused-ring (bicyclic) bond motifs is 1. The summed E-state index contributed by atoms with van der Waals surface area (Å²) in [6.07, 6.45) is 16.3. The Morgan fingerprint density at radius 3 is 2.21 bits per heavy atom. The third-order valence-electron chi connectivity index (χ3n) is 6.32. The molecule has 1 nitrogen and oxygen atoms in total. The number of rotatable bonds is 9. The largest absolute Gasteiger partial charge is 0.487 e. The van der Waals surface area contributed by atoms with Crippen molar-refractivity contribution in [2.75, 3.05) is 0 Å². The predicted molar refractivity (Wildman–Crippen MR) is 128 cm³/mol. The van der Waals surface area contributed by atoms with Crippen molar-refractivity contribution >= 4 is 0 Å². The van der Waals surface area contributed by atoms with Gasteiger partial charge in [0.1, 0.15) is 11.4 Å². The molecule has 1 aliphatic rings. The van der Waals surface area contributed by atoms with Gasteiger partial charge in [-0.05, 0) is 117 Å². The molecule has 0 amide bonds. The van der Waals surface area contributed by atoms with Gasteiger partial charge >= 0.3 is 0 Å². The molecule has 0 N–H and O–H groups in total. The third-order valence-corrected chi connectivity index (χ3v) is 6.32. The van der Waals surface area contributed by atoms with Gasteiger partial charge in [-0.3, -0.25) is 0 Å². The highest BCUT2D eigenvalue weighted by atomic mass is 16.5. The Morgan fingerprint density at radius 2 is 1.55 bits per heavy atom. The molecule has 0 aliphatic carbocycles. The van der Waals surface area contributed by atoms with Crippen molar-refractivity contribution in [3.8, 4) is 5.75 Å². The first-order valence-corrected chi connectivity index (χ1v) is 11.4. The zero-order chi connectivity index (χ0) is 21.4. The van der Waals surface area contributed by atoms with E-state index in [1.165, 1.54) is 52.7 Å². The molecule has 1 atom stereocenters. The molecule has 0 saturated heterocycles. The zero-order valence-corrected chi connectivity index (χ0v) is 20.0. The summed E-state index contributed by atoms with van der Waals surface area (Å²) in [4.78, 5) is 0. The molecule has 0 saturated carbocycles. The first kappa shape index (κ1) is 23.5. The summed E-state index contributed by atoms with van der Waals surface area (Å²) >= 11 is 0. The van der Waals surface area contributed by atoms with Gasteiger partial charge in [0.05, 0.1) is 0 Å². The molecule has 0 fully saturated rings. The fraction of sp³-hybridized carbons (Fsp3) is 0.571. The molecule has 2 rings (SSSR count). The lowest BCUT2D eigenvalue weighted by Gasteiger charge is -2.37. The number of aryl methyl sites for hydroxylation is 2. The lowest BCUT2D eigenvalue weighted by molar-refractivity contribution is 0.0562.